The number of aliphatic hydroxyl groups is 1. The third kappa shape index (κ3) is 8.15. The highest BCUT2D eigenvalue weighted by molar-refractivity contribution is 5.92. The SMILES string of the molecule is CC(O)C(NC(=O)C(N)Cc1ccc(O)cc1)C(=O)NC(CCC(=O)O)C(=O)O. The molecule has 0 radical (unpaired) electrons. The van der Waals surface area contributed by atoms with E-state index >= 15 is 0 Å². The Bertz CT molecular complexity index is 735. The smallest absolute Gasteiger partial charge is 0.326 e. The van der Waals surface area contributed by atoms with Crippen molar-refractivity contribution in [3.63, 3.8) is 0 Å². The van der Waals surface area contributed by atoms with E-state index in [2.05, 4.69) is 10.6 Å². The molecule has 11 nitrogen and oxygen atoms in total. The minimum absolute atomic E-state index is 0.0495. The zero-order valence-electron chi connectivity index (χ0n) is 15.7. The van der Waals surface area contributed by atoms with Gasteiger partial charge in [-0.25, -0.2) is 4.79 Å². The Labute approximate surface area is 166 Å². The normalized spacial score (nSPS) is 14.9. The zero-order valence-corrected chi connectivity index (χ0v) is 15.7. The summed E-state index contributed by atoms with van der Waals surface area (Å²) in [4.78, 5) is 46.4. The molecule has 0 heterocycles. The van der Waals surface area contributed by atoms with Gasteiger partial charge in [-0.15, -0.1) is 0 Å². The van der Waals surface area contributed by atoms with Gasteiger partial charge < -0.3 is 36.8 Å². The summed E-state index contributed by atoms with van der Waals surface area (Å²) in [6.07, 6.45) is -2.12. The van der Waals surface area contributed by atoms with Gasteiger partial charge in [0.1, 0.15) is 17.8 Å². The maximum absolute atomic E-state index is 12.3. The number of aliphatic hydroxyl groups excluding tert-OH is 1. The molecule has 0 bridgehead atoms. The van der Waals surface area contributed by atoms with E-state index in [4.69, 9.17) is 15.9 Å². The number of carbonyl (C=O) groups excluding carboxylic acids is 2. The molecule has 11 heteroatoms. The number of amides is 2. The van der Waals surface area contributed by atoms with Gasteiger partial charge in [-0.2, -0.15) is 0 Å². The van der Waals surface area contributed by atoms with Gasteiger partial charge >= 0.3 is 11.9 Å². The minimum Gasteiger partial charge on any atom is -0.508 e. The second-order valence-electron chi connectivity index (χ2n) is 6.54. The maximum atomic E-state index is 12.3. The van der Waals surface area contributed by atoms with Gasteiger partial charge in [0.2, 0.25) is 11.8 Å². The molecule has 0 aliphatic carbocycles. The van der Waals surface area contributed by atoms with Gasteiger partial charge in [-0.1, -0.05) is 12.1 Å². The summed E-state index contributed by atoms with van der Waals surface area (Å²) in [6.45, 7) is 1.23. The van der Waals surface area contributed by atoms with Crippen LogP contribution in [0.4, 0.5) is 0 Å². The van der Waals surface area contributed by atoms with Crippen molar-refractivity contribution in [1.82, 2.24) is 10.6 Å². The van der Waals surface area contributed by atoms with E-state index in [0.717, 1.165) is 0 Å². The first-order valence-corrected chi connectivity index (χ1v) is 8.78. The largest absolute Gasteiger partial charge is 0.508 e. The average Bonchev–Trinajstić information content (AvgIpc) is 2.63. The highest BCUT2D eigenvalue weighted by atomic mass is 16.4. The Morgan fingerprint density at radius 2 is 1.62 bits per heavy atom. The summed E-state index contributed by atoms with van der Waals surface area (Å²) >= 11 is 0. The predicted octanol–water partition coefficient (Wildman–Crippen LogP) is -1.44. The van der Waals surface area contributed by atoms with Crippen molar-refractivity contribution in [2.45, 2.75) is 50.4 Å². The van der Waals surface area contributed by atoms with Gasteiger partial charge in [0.25, 0.3) is 0 Å². The van der Waals surface area contributed by atoms with Crippen molar-refractivity contribution >= 4 is 23.8 Å². The quantitative estimate of drug-likeness (QED) is 0.228. The first kappa shape index (κ1) is 23.9. The molecule has 4 atom stereocenters. The molecule has 29 heavy (non-hydrogen) atoms. The number of carboxylic acid groups (broad SMARTS) is 2. The fourth-order valence-electron chi connectivity index (χ4n) is 2.43. The predicted molar refractivity (Wildman–Crippen MR) is 99.8 cm³/mol. The van der Waals surface area contributed by atoms with E-state index in [1.165, 1.54) is 19.1 Å². The van der Waals surface area contributed by atoms with E-state index in [0.29, 0.717) is 5.56 Å². The lowest BCUT2D eigenvalue weighted by Gasteiger charge is -2.24. The third-order valence-electron chi connectivity index (χ3n) is 4.05. The fraction of sp³-hybridized carbons (Fsp3) is 0.444. The molecule has 0 aromatic heterocycles. The first-order valence-electron chi connectivity index (χ1n) is 8.78. The molecule has 0 aliphatic heterocycles. The van der Waals surface area contributed by atoms with Gasteiger partial charge in [0.05, 0.1) is 12.1 Å². The van der Waals surface area contributed by atoms with E-state index in [1.54, 1.807) is 12.1 Å². The fourth-order valence-corrected chi connectivity index (χ4v) is 2.43. The summed E-state index contributed by atoms with van der Waals surface area (Å²) in [5, 5.41) is 41.2. The number of aliphatic carboxylic acids is 2. The molecule has 0 fully saturated rings. The molecule has 0 aliphatic rings. The number of phenols is 1. The molecule has 0 saturated carbocycles. The zero-order chi connectivity index (χ0) is 22.1. The van der Waals surface area contributed by atoms with Crippen LogP contribution in [0, 0.1) is 0 Å². The van der Waals surface area contributed by atoms with Crippen molar-refractivity contribution in [2.24, 2.45) is 5.73 Å². The number of nitrogens with two attached hydrogens (primary N) is 1. The number of benzene rings is 1. The van der Waals surface area contributed by atoms with Gasteiger partial charge in [-0.05, 0) is 37.5 Å². The van der Waals surface area contributed by atoms with E-state index in [9.17, 15) is 29.4 Å². The Kier molecular flexibility index (Phi) is 9.03. The third-order valence-corrected chi connectivity index (χ3v) is 4.05. The lowest BCUT2D eigenvalue weighted by Crippen LogP contribution is -2.58. The number of nitrogens with one attached hydrogen (secondary N) is 2. The van der Waals surface area contributed by atoms with Crippen molar-refractivity contribution in [2.75, 3.05) is 0 Å². The molecule has 1 rings (SSSR count). The molecule has 4 unspecified atom stereocenters. The number of hydrogen-bond donors (Lipinski definition) is 7. The Balaban J connectivity index is 2.75. The van der Waals surface area contributed by atoms with Crippen LogP contribution in [0.1, 0.15) is 25.3 Å². The van der Waals surface area contributed by atoms with Crippen LogP contribution in [-0.4, -0.2) is 68.4 Å². The van der Waals surface area contributed by atoms with Gasteiger partial charge in [0, 0.05) is 6.42 Å². The van der Waals surface area contributed by atoms with Crippen LogP contribution in [0.25, 0.3) is 0 Å². The van der Waals surface area contributed by atoms with Crippen LogP contribution < -0.4 is 16.4 Å². The van der Waals surface area contributed by atoms with E-state index in [1.807, 2.05) is 0 Å². The average molecular weight is 411 g/mol. The summed E-state index contributed by atoms with van der Waals surface area (Å²) < 4.78 is 0. The van der Waals surface area contributed by atoms with E-state index in [-0.39, 0.29) is 18.6 Å². The standard InChI is InChI=1S/C18H25N3O8/c1-9(22)15(17(27)20-13(18(28)29)6-7-14(24)25)21-16(26)12(19)8-10-2-4-11(23)5-3-10/h2-5,9,12-13,15,22-23H,6-8,19H2,1H3,(H,20,27)(H,21,26)(H,24,25)(H,28,29). The minimum atomic E-state index is -1.50. The summed E-state index contributed by atoms with van der Waals surface area (Å²) in [5.74, 6) is -4.36. The lowest BCUT2D eigenvalue weighted by molar-refractivity contribution is -0.144. The molecular weight excluding hydrogens is 386 g/mol. The first-order chi connectivity index (χ1) is 13.5. The highest BCUT2D eigenvalue weighted by Gasteiger charge is 2.31. The number of carbonyl (C=O) groups is 4. The van der Waals surface area contributed by atoms with Crippen LogP contribution in [0.5, 0.6) is 5.75 Å². The summed E-state index contributed by atoms with van der Waals surface area (Å²) in [7, 11) is 0. The molecule has 0 spiro atoms. The molecule has 8 N–H and O–H groups in total. The van der Waals surface area contributed by atoms with Crippen LogP contribution >= 0.6 is 0 Å². The van der Waals surface area contributed by atoms with Crippen molar-refractivity contribution in [3.8, 4) is 5.75 Å². The molecule has 2 amide bonds. The summed E-state index contributed by atoms with van der Waals surface area (Å²) in [5.41, 5.74) is 6.47. The molecular formula is C18H25N3O8. The molecule has 1 aromatic rings. The number of rotatable bonds is 11. The number of hydrogen-bond acceptors (Lipinski definition) is 7. The van der Waals surface area contributed by atoms with Crippen molar-refractivity contribution in [1.29, 1.82) is 0 Å². The van der Waals surface area contributed by atoms with Crippen LogP contribution in [-0.2, 0) is 25.6 Å². The second kappa shape index (κ2) is 11.0. The lowest BCUT2D eigenvalue weighted by atomic mass is 10.0. The maximum Gasteiger partial charge on any atom is 0.326 e. The topological polar surface area (TPSA) is 199 Å². The summed E-state index contributed by atoms with van der Waals surface area (Å²) in [6, 6.07) is 1.94. The Morgan fingerprint density at radius 1 is 1.03 bits per heavy atom. The molecule has 160 valence electrons. The van der Waals surface area contributed by atoms with Crippen LogP contribution in [0.15, 0.2) is 24.3 Å². The van der Waals surface area contributed by atoms with Crippen molar-refractivity contribution < 1.29 is 39.6 Å². The van der Waals surface area contributed by atoms with Gasteiger partial charge in [-0.3, -0.25) is 14.4 Å². The molecule has 1 aromatic carbocycles. The van der Waals surface area contributed by atoms with Crippen LogP contribution in [0.3, 0.4) is 0 Å². The molecule has 0 saturated heterocycles. The Hall–Kier alpha value is -3.18. The second-order valence-corrected chi connectivity index (χ2v) is 6.54. The van der Waals surface area contributed by atoms with Crippen LogP contribution in [0.2, 0.25) is 0 Å². The van der Waals surface area contributed by atoms with E-state index < -0.39 is 54.4 Å². The number of phenolic OH excluding ortho intramolecular Hbond substituents is 1. The Morgan fingerprint density at radius 3 is 2.10 bits per heavy atom. The highest BCUT2D eigenvalue weighted by Crippen LogP contribution is 2.11. The number of carboxylic acids is 2. The monoisotopic (exact) mass is 411 g/mol. The van der Waals surface area contributed by atoms with Gasteiger partial charge in [0.15, 0.2) is 0 Å². The number of aromatic hydroxyl groups is 1. The van der Waals surface area contributed by atoms with Crippen molar-refractivity contribution in [3.05, 3.63) is 29.8 Å².